The average Bonchev–Trinajstić information content (AvgIpc) is 1.62. The molecule has 0 atom stereocenters. The van der Waals surface area contributed by atoms with Gasteiger partial charge in [-0.2, -0.15) is 0 Å². The number of hydrogen-bond donors (Lipinski definition) is 6. The minimum Gasteiger partial charge on any atom is -0.481 e. The van der Waals surface area contributed by atoms with Crippen molar-refractivity contribution in [2.75, 3.05) is 98.3 Å². The van der Waals surface area contributed by atoms with Crippen LogP contribution in [-0.4, -0.2) is 212 Å². The molecule has 7 aromatic carbocycles. The number of fused-ring (bicyclic) bond motifs is 10. The summed E-state index contributed by atoms with van der Waals surface area (Å²) in [5.41, 5.74) is 7.68. The normalized spacial score (nSPS) is 22.0. The SMILES string of the molecule is O=C1OC2(CCN(C(=O)NC3CCC4(CC3)OCCO4)CC2)c2ccccc21.O=C1OC2(CCN(C(=O)NC3CCCCC3)CC2)c2ccccc21.O=C1OC2(CCN(C(=O)NCC3CCC(C(=O)O)CC3)CC2)c2ccccc21.O=C1OC2(CCN(C(=O)NCCc3ccc(Br)cc3)CC2)c2ccccc21.O=C1OC2(CCN(C(=O)NCCc3ccccc3)CC2)c2ccccc21. The number of esters is 5. The first-order chi connectivity index (χ1) is 64.5. The Morgan fingerprint density at radius 1 is 0.331 bits per heavy atom. The fourth-order valence-electron chi connectivity index (χ4n) is 21.8. The van der Waals surface area contributed by atoms with Gasteiger partial charge in [-0.05, 0) is 124 Å². The number of piperidine rings is 5. The summed E-state index contributed by atoms with van der Waals surface area (Å²) in [4.78, 5) is 143. The number of carbonyl (C=O) groups excluding carboxylic acids is 10. The van der Waals surface area contributed by atoms with Crippen LogP contribution in [0.5, 0.6) is 0 Å². The van der Waals surface area contributed by atoms with Crippen molar-refractivity contribution in [3.05, 3.63) is 247 Å². The number of rotatable bonds is 11. The Morgan fingerprint density at radius 3 is 0.955 bits per heavy atom. The van der Waals surface area contributed by atoms with Crippen molar-refractivity contribution in [1.82, 2.24) is 51.1 Å². The number of carboxylic acids is 1. The zero-order chi connectivity index (χ0) is 92.3. The molecule has 10 amide bonds. The summed E-state index contributed by atoms with van der Waals surface area (Å²) in [6, 6.07) is 56.4. The van der Waals surface area contributed by atoms with Crippen LogP contribution in [0.3, 0.4) is 0 Å². The second-order valence-corrected chi connectivity index (χ2v) is 38.4. The highest BCUT2D eigenvalue weighted by Gasteiger charge is 2.54. The Kier molecular flexibility index (Phi) is 28.6. The molecule has 21 rings (SSSR count). The molecule has 11 heterocycles. The molecular formula is C103H119BrN10O19. The van der Waals surface area contributed by atoms with Crippen LogP contribution >= 0.6 is 15.9 Å². The van der Waals surface area contributed by atoms with E-state index in [2.05, 4.69) is 54.6 Å². The number of nitrogens with zero attached hydrogens (tertiary/aromatic N) is 5. The lowest BCUT2D eigenvalue weighted by atomic mass is 9.82. The number of halogens is 1. The minimum atomic E-state index is -0.709. The van der Waals surface area contributed by atoms with E-state index in [0.717, 1.165) is 96.5 Å². The Labute approximate surface area is 783 Å². The van der Waals surface area contributed by atoms with Crippen LogP contribution in [0.25, 0.3) is 0 Å². The third-order valence-corrected chi connectivity index (χ3v) is 30.1. The molecule has 0 aromatic heterocycles. The second-order valence-electron chi connectivity index (χ2n) is 37.5. The van der Waals surface area contributed by atoms with E-state index in [1.807, 2.05) is 177 Å². The van der Waals surface area contributed by atoms with Crippen LogP contribution in [0.2, 0.25) is 0 Å². The predicted octanol–water partition coefficient (Wildman–Crippen LogP) is 15.4. The largest absolute Gasteiger partial charge is 0.481 e. The number of hydrogen-bond acceptors (Lipinski definition) is 18. The standard InChI is InChI=1S/C21H21BrN2O3.2C21H26N2O5.C21H22N2O3.C19H24N2O3/c22-16-7-5-15(6-8-16)9-12-23-20(26)24-13-10-21(11-14-24)18-4-2-1-3-17(18)19(25)27-21;24-18-16-3-1-2-4-17(16)20(28-18)9-11-23(12-10-20)19(25)22-15-5-7-21(8-6-15)26-13-14-27-21;24-18(25)15-7-5-14(6-8-15)13-22-20(27)23-11-9-21(10-12-23)17-4-2-1-3-16(17)19(26)28-21;24-19-17-8-4-5-9-18(17)21(26-19)11-14-23(15-12-21)20(25)22-13-10-16-6-2-1-3-7-16;22-17-15-8-4-5-9-16(15)19(24-17)10-12-21(13-11-19)18(23)20-14-6-2-1-3-7-14/h1-8H,9-14H2,(H,23,26);1-4,15H,5-14H2,(H,22,25);1-4,14-15H,5-13H2,(H,22,27)(H,24,25);1-9H,10-15H2,(H,22,25);4-5,8-9,14H,1-3,6-7,10-13H2,(H,20,23). The van der Waals surface area contributed by atoms with Crippen molar-refractivity contribution in [3.63, 3.8) is 0 Å². The Morgan fingerprint density at radius 2 is 0.624 bits per heavy atom. The predicted molar refractivity (Wildman–Crippen MR) is 494 cm³/mol. The number of likely N-dealkylation sites (tertiary alicyclic amines) is 5. The molecule has 702 valence electrons. The van der Waals surface area contributed by atoms with Crippen molar-refractivity contribution in [2.45, 2.75) is 206 Å². The van der Waals surface area contributed by atoms with Crippen molar-refractivity contribution >= 4 is 81.9 Å². The molecule has 7 aromatic rings. The van der Waals surface area contributed by atoms with Gasteiger partial charge >= 0.3 is 66.0 Å². The molecule has 3 aliphatic carbocycles. The van der Waals surface area contributed by atoms with E-state index < -0.39 is 39.8 Å². The minimum absolute atomic E-state index is 0.0262. The lowest BCUT2D eigenvalue weighted by molar-refractivity contribution is -0.179. The summed E-state index contributed by atoms with van der Waals surface area (Å²) in [5, 5.41) is 24.4. The first-order valence-corrected chi connectivity index (χ1v) is 48.4. The number of aliphatic carboxylic acids is 1. The summed E-state index contributed by atoms with van der Waals surface area (Å²) < 4.78 is 41.3. The first-order valence-electron chi connectivity index (χ1n) is 47.6. The number of ether oxygens (including phenoxy) is 7. The Hall–Kier alpha value is -11.9. The van der Waals surface area contributed by atoms with Crippen LogP contribution in [0.15, 0.2) is 180 Å². The van der Waals surface area contributed by atoms with E-state index in [-0.39, 0.29) is 72.0 Å². The van der Waals surface area contributed by atoms with Gasteiger partial charge in [0, 0.05) is 207 Å². The number of amides is 10. The van der Waals surface area contributed by atoms with E-state index in [0.29, 0.717) is 215 Å². The molecular weight excluding hydrogens is 1760 g/mol. The molecule has 3 saturated carbocycles. The molecule has 0 bridgehead atoms. The van der Waals surface area contributed by atoms with Gasteiger partial charge in [0.1, 0.15) is 28.0 Å². The summed E-state index contributed by atoms with van der Waals surface area (Å²) in [7, 11) is 0. The molecule has 133 heavy (non-hydrogen) atoms. The molecule has 30 heteroatoms. The number of carbonyl (C=O) groups is 11. The third kappa shape index (κ3) is 20.8. The van der Waals surface area contributed by atoms with Gasteiger partial charge in [0.15, 0.2) is 5.79 Å². The summed E-state index contributed by atoms with van der Waals surface area (Å²) in [6.07, 6.45) is 20.3. The van der Waals surface area contributed by atoms with Crippen LogP contribution < -0.4 is 26.6 Å². The van der Waals surface area contributed by atoms with Crippen molar-refractivity contribution in [3.8, 4) is 0 Å². The van der Waals surface area contributed by atoms with E-state index in [1.165, 1.54) is 30.4 Å². The molecule has 0 radical (unpaired) electrons. The Bertz CT molecular complexity index is 5390. The monoisotopic (exact) mass is 1880 g/mol. The molecule has 14 aliphatic rings. The van der Waals surface area contributed by atoms with Crippen LogP contribution in [0.1, 0.15) is 238 Å². The van der Waals surface area contributed by atoms with E-state index >= 15 is 0 Å². The lowest BCUT2D eigenvalue weighted by Crippen LogP contribution is -2.52. The quantitative estimate of drug-likeness (QED) is 0.0517. The molecule has 6 spiro atoms. The summed E-state index contributed by atoms with van der Waals surface area (Å²) in [6.45, 7) is 8.94. The van der Waals surface area contributed by atoms with Gasteiger partial charge in [-0.1, -0.05) is 169 Å². The fourth-order valence-corrected chi connectivity index (χ4v) is 22.1. The highest BCUT2D eigenvalue weighted by atomic mass is 79.9. The third-order valence-electron chi connectivity index (χ3n) is 29.6. The number of urea groups is 5. The highest BCUT2D eigenvalue weighted by molar-refractivity contribution is 9.10. The molecule has 11 aliphatic heterocycles. The molecule has 0 unspecified atom stereocenters. The molecule has 9 fully saturated rings. The highest BCUT2D eigenvalue weighted by Crippen LogP contribution is 2.50. The van der Waals surface area contributed by atoms with Gasteiger partial charge < -0.3 is 89.3 Å². The van der Waals surface area contributed by atoms with Gasteiger partial charge in [0.2, 0.25) is 0 Å². The molecule has 29 nitrogen and oxygen atoms in total. The molecule has 6 N–H and O–H groups in total. The number of nitrogens with one attached hydrogen (secondary N) is 5. The van der Waals surface area contributed by atoms with Crippen molar-refractivity contribution in [1.29, 1.82) is 0 Å². The van der Waals surface area contributed by atoms with Crippen LogP contribution in [-0.2, 0) is 78.8 Å². The Balaban J connectivity index is 0.000000116. The smallest absolute Gasteiger partial charge is 0.339 e. The van der Waals surface area contributed by atoms with Crippen LogP contribution in [0, 0.1) is 11.8 Å². The second kappa shape index (κ2) is 40.9. The number of benzene rings is 7. The molecule has 6 saturated heterocycles. The van der Waals surface area contributed by atoms with Gasteiger partial charge in [-0.25, -0.2) is 47.9 Å². The first kappa shape index (κ1) is 92.9. The number of carboxylic acid groups (broad SMARTS) is 1. The zero-order valence-electron chi connectivity index (χ0n) is 75.2. The maximum atomic E-state index is 12.7. The topological polar surface area (TPSA) is 349 Å². The van der Waals surface area contributed by atoms with Crippen LogP contribution in [0.4, 0.5) is 24.0 Å². The van der Waals surface area contributed by atoms with Gasteiger partial charge in [-0.3, -0.25) is 4.79 Å². The summed E-state index contributed by atoms with van der Waals surface area (Å²) in [5.74, 6) is -2.26. The maximum absolute atomic E-state index is 12.7. The lowest BCUT2D eigenvalue weighted by Gasteiger charge is -2.40. The van der Waals surface area contributed by atoms with Crippen molar-refractivity contribution in [2.24, 2.45) is 11.8 Å². The maximum Gasteiger partial charge on any atom is 0.339 e. The van der Waals surface area contributed by atoms with Crippen molar-refractivity contribution < 1.29 is 91.0 Å². The van der Waals surface area contributed by atoms with Gasteiger partial charge in [-0.15, -0.1) is 0 Å². The average molecular weight is 1880 g/mol. The fraction of sp³-hybridized carbons (Fsp3) is 0.485. The van der Waals surface area contributed by atoms with E-state index in [4.69, 9.17) is 38.3 Å². The van der Waals surface area contributed by atoms with E-state index in [1.54, 1.807) is 11.0 Å². The van der Waals surface area contributed by atoms with E-state index in [9.17, 15) is 52.7 Å². The van der Waals surface area contributed by atoms with Gasteiger partial charge in [0.05, 0.1) is 46.9 Å². The summed E-state index contributed by atoms with van der Waals surface area (Å²) >= 11 is 3.42. The van der Waals surface area contributed by atoms with Gasteiger partial charge in [0.25, 0.3) is 0 Å². The zero-order valence-corrected chi connectivity index (χ0v) is 76.8.